The summed E-state index contributed by atoms with van der Waals surface area (Å²) in [5.41, 5.74) is 5.79. The maximum absolute atomic E-state index is 5.45. The van der Waals surface area contributed by atoms with Crippen molar-refractivity contribution in [2.45, 2.75) is 0 Å². The predicted molar refractivity (Wildman–Crippen MR) is 78.2 cm³/mol. The van der Waals surface area contributed by atoms with Crippen LogP contribution in [0.2, 0.25) is 0 Å². The normalized spacial score (nSPS) is 10.1. The molecule has 0 fully saturated rings. The summed E-state index contributed by atoms with van der Waals surface area (Å²) in [7, 11) is 0. The average molecular weight is 268 g/mol. The van der Waals surface area contributed by atoms with Crippen LogP contribution < -0.4 is 10.3 Å². The molecule has 0 spiro atoms. The van der Waals surface area contributed by atoms with E-state index in [4.69, 9.17) is 4.84 Å². The van der Waals surface area contributed by atoms with Crippen molar-refractivity contribution < 1.29 is 4.84 Å². The van der Waals surface area contributed by atoms with E-state index in [1.54, 1.807) is 0 Å². The topological polar surface area (TPSA) is 34.1 Å². The highest BCUT2D eigenvalue weighted by Gasteiger charge is 2.05. The van der Waals surface area contributed by atoms with Gasteiger partial charge in [-0.15, -0.1) is 0 Å². The molecule has 1 heterocycles. The third-order valence-electron chi connectivity index (χ3n) is 2.58. The smallest absolute Gasteiger partial charge is 0.302 e. The van der Waals surface area contributed by atoms with E-state index in [0.29, 0.717) is 5.19 Å². The molecule has 0 amide bonds. The minimum Gasteiger partial charge on any atom is -0.350 e. The highest BCUT2D eigenvalue weighted by Crippen LogP contribution is 2.26. The van der Waals surface area contributed by atoms with Crippen LogP contribution >= 0.6 is 11.3 Å². The van der Waals surface area contributed by atoms with Gasteiger partial charge in [-0.1, -0.05) is 59.9 Å². The molecule has 3 nitrogen and oxygen atoms in total. The summed E-state index contributed by atoms with van der Waals surface area (Å²) in [6, 6.07) is 19.8. The van der Waals surface area contributed by atoms with Crippen LogP contribution in [-0.4, -0.2) is 4.98 Å². The molecule has 0 radical (unpaired) electrons. The fraction of sp³-hybridized carbons (Fsp3) is 0. The fourth-order valence-electron chi connectivity index (χ4n) is 1.65. The van der Waals surface area contributed by atoms with Crippen LogP contribution in [0, 0.1) is 0 Å². The van der Waals surface area contributed by atoms with Gasteiger partial charge in [-0.05, 0) is 12.1 Å². The Balaban J connectivity index is 1.69. The van der Waals surface area contributed by atoms with Gasteiger partial charge in [0.1, 0.15) is 0 Å². The van der Waals surface area contributed by atoms with E-state index in [9.17, 15) is 0 Å². The average Bonchev–Trinajstić information content (AvgIpc) is 2.96. The number of hydrogen-bond donors (Lipinski definition) is 1. The Labute approximate surface area is 115 Å². The first-order chi connectivity index (χ1) is 9.42. The van der Waals surface area contributed by atoms with Crippen LogP contribution in [-0.2, 0) is 0 Å². The van der Waals surface area contributed by atoms with E-state index < -0.39 is 0 Å². The molecule has 4 heteroatoms. The molecule has 0 saturated heterocycles. The summed E-state index contributed by atoms with van der Waals surface area (Å²) in [4.78, 5) is 9.88. The molecule has 19 heavy (non-hydrogen) atoms. The number of anilines is 1. The summed E-state index contributed by atoms with van der Waals surface area (Å²) in [5.74, 6) is 0. The van der Waals surface area contributed by atoms with Gasteiger partial charge in [0.2, 0.25) is 0 Å². The van der Waals surface area contributed by atoms with E-state index in [1.807, 2.05) is 66.0 Å². The van der Waals surface area contributed by atoms with Gasteiger partial charge in [0.05, 0.1) is 11.4 Å². The standard InChI is InChI=1S/C15H12N2OS/c1-3-7-12(8-4-1)14-11-19-15(16-14)18-17-13-9-5-2-6-10-13/h1-11,17H. The number of para-hydroxylation sites is 1. The SMILES string of the molecule is c1ccc(NOc2nc(-c3ccccc3)cs2)cc1. The van der Waals surface area contributed by atoms with Crippen molar-refractivity contribution in [2.75, 3.05) is 5.48 Å². The van der Waals surface area contributed by atoms with E-state index in [-0.39, 0.29) is 0 Å². The first-order valence-corrected chi connectivity index (χ1v) is 6.78. The van der Waals surface area contributed by atoms with E-state index in [0.717, 1.165) is 16.9 Å². The molecule has 0 aliphatic heterocycles. The van der Waals surface area contributed by atoms with Gasteiger partial charge in [0, 0.05) is 10.9 Å². The second-order valence-corrected chi connectivity index (χ2v) is 4.76. The molecule has 1 N–H and O–H groups in total. The van der Waals surface area contributed by atoms with Crippen molar-refractivity contribution in [3.8, 4) is 16.5 Å². The van der Waals surface area contributed by atoms with Crippen molar-refractivity contribution in [3.05, 3.63) is 66.0 Å². The zero-order valence-corrected chi connectivity index (χ0v) is 10.9. The predicted octanol–water partition coefficient (Wildman–Crippen LogP) is 4.22. The fourth-order valence-corrected chi connectivity index (χ4v) is 2.30. The molecule has 0 bridgehead atoms. The van der Waals surface area contributed by atoms with Crippen LogP contribution in [0.3, 0.4) is 0 Å². The summed E-state index contributed by atoms with van der Waals surface area (Å²) in [6.07, 6.45) is 0. The summed E-state index contributed by atoms with van der Waals surface area (Å²) >= 11 is 1.47. The van der Waals surface area contributed by atoms with Gasteiger partial charge in [-0.3, -0.25) is 0 Å². The van der Waals surface area contributed by atoms with Crippen LogP contribution in [0.25, 0.3) is 11.3 Å². The molecule has 1 aromatic heterocycles. The molecule has 3 rings (SSSR count). The summed E-state index contributed by atoms with van der Waals surface area (Å²) < 4.78 is 0. The molecule has 2 aromatic carbocycles. The number of benzene rings is 2. The van der Waals surface area contributed by atoms with Crippen molar-refractivity contribution in [2.24, 2.45) is 0 Å². The summed E-state index contributed by atoms with van der Waals surface area (Å²) in [5, 5.41) is 2.58. The van der Waals surface area contributed by atoms with Gasteiger partial charge in [0.25, 0.3) is 0 Å². The van der Waals surface area contributed by atoms with Gasteiger partial charge < -0.3 is 4.84 Å². The molecule has 94 valence electrons. The molecule has 0 atom stereocenters. The Kier molecular flexibility index (Phi) is 3.42. The van der Waals surface area contributed by atoms with Gasteiger partial charge >= 0.3 is 5.19 Å². The number of rotatable bonds is 4. The van der Waals surface area contributed by atoms with Crippen molar-refractivity contribution in [1.29, 1.82) is 0 Å². The highest BCUT2D eigenvalue weighted by atomic mass is 32.1. The van der Waals surface area contributed by atoms with Crippen LogP contribution in [0.4, 0.5) is 5.69 Å². The van der Waals surface area contributed by atoms with E-state index in [2.05, 4.69) is 10.5 Å². The lowest BCUT2D eigenvalue weighted by molar-refractivity contribution is 0.403. The minimum atomic E-state index is 0.600. The number of nitrogens with one attached hydrogen (secondary N) is 1. The molecule has 3 aromatic rings. The molecule has 0 aliphatic carbocycles. The molecule has 0 saturated carbocycles. The molecule has 0 aliphatic rings. The Morgan fingerprint density at radius 1 is 0.895 bits per heavy atom. The Morgan fingerprint density at radius 3 is 2.32 bits per heavy atom. The first-order valence-electron chi connectivity index (χ1n) is 5.91. The zero-order chi connectivity index (χ0) is 12.9. The third kappa shape index (κ3) is 2.92. The zero-order valence-electron chi connectivity index (χ0n) is 10.1. The summed E-state index contributed by atoms with van der Waals surface area (Å²) in [6.45, 7) is 0. The lowest BCUT2D eigenvalue weighted by Gasteiger charge is -2.03. The number of aromatic nitrogens is 1. The second kappa shape index (κ2) is 5.54. The van der Waals surface area contributed by atoms with E-state index in [1.165, 1.54) is 11.3 Å². The number of thiazole rings is 1. The Bertz CT molecular complexity index is 638. The largest absolute Gasteiger partial charge is 0.350 e. The van der Waals surface area contributed by atoms with Gasteiger partial charge in [-0.25, -0.2) is 10.5 Å². The Hall–Kier alpha value is -2.33. The van der Waals surface area contributed by atoms with Crippen LogP contribution in [0.1, 0.15) is 0 Å². The third-order valence-corrected chi connectivity index (χ3v) is 3.30. The minimum absolute atomic E-state index is 0.600. The molecular weight excluding hydrogens is 256 g/mol. The first kappa shape index (κ1) is 11.7. The molecular formula is C15H12N2OS. The lowest BCUT2D eigenvalue weighted by Crippen LogP contribution is -2.03. The molecule has 0 unspecified atom stereocenters. The quantitative estimate of drug-likeness (QED) is 0.719. The maximum Gasteiger partial charge on any atom is 0.302 e. The van der Waals surface area contributed by atoms with Crippen molar-refractivity contribution in [3.63, 3.8) is 0 Å². The van der Waals surface area contributed by atoms with Crippen LogP contribution in [0.5, 0.6) is 5.19 Å². The van der Waals surface area contributed by atoms with Gasteiger partial charge in [-0.2, -0.15) is 0 Å². The maximum atomic E-state index is 5.45. The van der Waals surface area contributed by atoms with Gasteiger partial charge in [0.15, 0.2) is 0 Å². The lowest BCUT2D eigenvalue weighted by atomic mass is 10.2. The van der Waals surface area contributed by atoms with Crippen molar-refractivity contribution in [1.82, 2.24) is 4.98 Å². The Morgan fingerprint density at radius 2 is 1.58 bits per heavy atom. The van der Waals surface area contributed by atoms with Crippen LogP contribution in [0.15, 0.2) is 66.0 Å². The second-order valence-electron chi connectivity index (χ2n) is 3.93. The van der Waals surface area contributed by atoms with E-state index >= 15 is 0 Å². The highest BCUT2D eigenvalue weighted by molar-refractivity contribution is 7.11. The number of nitrogens with zero attached hydrogens (tertiary/aromatic N) is 1. The number of hydrogen-bond acceptors (Lipinski definition) is 4. The van der Waals surface area contributed by atoms with Crippen molar-refractivity contribution >= 4 is 17.0 Å². The monoisotopic (exact) mass is 268 g/mol.